The van der Waals surface area contributed by atoms with Crippen LogP contribution in [0.4, 0.5) is 5.69 Å². The maximum absolute atomic E-state index is 11.9. The lowest BCUT2D eigenvalue weighted by molar-refractivity contribution is -0.121. The molecule has 1 atom stereocenters. The Balaban J connectivity index is 1.66. The van der Waals surface area contributed by atoms with Crippen molar-refractivity contribution in [3.05, 3.63) is 29.8 Å². The van der Waals surface area contributed by atoms with Crippen molar-refractivity contribution < 1.29 is 9.53 Å². The summed E-state index contributed by atoms with van der Waals surface area (Å²) in [4.78, 5) is 11.9. The second-order valence-corrected chi connectivity index (χ2v) is 5.27. The third-order valence-corrected chi connectivity index (χ3v) is 3.72. The number of nitrogens with one attached hydrogen (secondary N) is 2. The van der Waals surface area contributed by atoms with Crippen LogP contribution in [0.1, 0.15) is 37.2 Å². The molecule has 0 spiro atoms. The second-order valence-electron chi connectivity index (χ2n) is 5.27. The summed E-state index contributed by atoms with van der Waals surface area (Å²) in [5, 5.41) is 6.36. The first-order valence-corrected chi connectivity index (χ1v) is 7.39. The molecule has 0 bridgehead atoms. The van der Waals surface area contributed by atoms with Gasteiger partial charge in [0.15, 0.2) is 0 Å². The fourth-order valence-corrected chi connectivity index (χ4v) is 2.61. The van der Waals surface area contributed by atoms with Gasteiger partial charge in [0.25, 0.3) is 0 Å². The number of carbonyl (C=O) groups is 1. The molecule has 20 heavy (non-hydrogen) atoms. The molecule has 1 heterocycles. The molecule has 0 radical (unpaired) electrons. The van der Waals surface area contributed by atoms with Gasteiger partial charge in [-0.25, -0.2) is 0 Å². The van der Waals surface area contributed by atoms with E-state index in [0.717, 1.165) is 39.0 Å². The zero-order chi connectivity index (χ0) is 14.2. The number of para-hydroxylation sites is 1. The minimum absolute atomic E-state index is 0.153. The van der Waals surface area contributed by atoms with Crippen LogP contribution >= 0.6 is 0 Å². The van der Waals surface area contributed by atoms with Crippen LogP contribution in [-0.2, 0) is 9.53 Å². The Morgan fingerprint density at radius 2 is 2.20 bits per heavy atom. The highest BCUT2D eigenvalue weighted by Gasteiger charge is 2.23. The zero-order valence-corrected chi connectivity index (χ0v) is 12.2. The molecule has 0 fully saturated rings. The summed E-state index contributed by atoms with van der Waals surface area (Å²) in [5.41, 5.74) is 2.44. The first-order chi connectivity index (χ1) is 9.81. The first-order valence-electron chi connectivity index (χ1n) is 7.39. The summed E-state index contributed by atoms with van der Waals surface area (Å²) in [5.74, 6) is 0.458. The number of benzene rings is 1. The highest BCUT2D eigenvalue weighted by Crippen LogP contribution is 2.32. The van der Waals surface area contributed by atoms with Crippen molar-refractivity contribution in [2.75, 3.05) is 32.1 Å². The van der Waals surface area contributed by atoms with Gasteiger partial charge in [-0.15, -0.1) is 0 Å². The van der Waals surface area contributed by atoms with Crippen molar-refractivity contribution in [3.63, 3.8) is 0 Å². The summed E-state index contributed by atoms with van der Waals surface area (Å²) in [6.45, 7) is 2.43. The lowest BCUT2D eigenvalue weighted by Crippen LogP contribution is -2.26. The Hall–Kier alpha value is -1.55. The van der Waals surface area contributed by atoms with Crippen LogP contribution in [0, 0.1) is 0 Å². The zero-order valence-electron chi connectivity index (χ0n) is 12.2. The molecule has 4 heteroatoms. The normalized spacial score (nSPS) is 16.6. The molecule has 110 valence electrons. The third-order valence-electron chi connectivity index (χ3n) is 3.72. The number of anilines is 1. The SMILES string of the molecule is COCCCCCNC(=O)CC1CNc2ccccc21. The first kappa shape index (κ1) is 14.9. The van der Waals surface area contributed by atoms with Crippen molar-refractivity contribution >= 4 is 11.6 Å². The quantitative estimate of drug-likeness (QED) is 0.717. The van der Waals surface area contributed by atoms with Gasteiger partial charge in [-0.3, -0.25) is 4.79 Å². The van der Waals surface area contributed by atoms with Crippen LogP contribution in [0.2, 0.25) is 0 Å². The predicted molar refractivity (Wildman–Crippen MR) is 81.0 cm³/mol. The summed E-state index contributed by atoms with van der Waals surface area (Å²) in [6.07, 6.45) is 3.75. The summed E-state index contributed by atoms with van der Waals surface area (Å²) >= 11 is 0. The number of hydrogen-bond donors (Lipinski definition) is 2. The van der Waals surface area contributed by atoms with Crippen LogP contribution in [0.5, 0.6) is 0 Å². The Morgan fingerprint density at radius 3 is 3.05 bits per heavy atom. The largest absolute Gasteiger partial charge is 0.385 e. The topological polar surface area (TPSA) is 50.4 Å². The van der Waals surface area contributed by atoms with Crippen LogP contribution in [-0.4, -0.2) is 32.7 Å². The molecule has 0 saturated carbocycles. The highest BCUT2D eigenvalue weighted by atomic mass is 16.5. The molecular weight excluding hydrogens is 252 g/mol. The van der Waals surface area contributed by atoms with Crippen LogP contribution in [0.3, 0.4) is 0 Å². The number of methoxy groups -OCH3 is 1. The minimum Gasteiger partial charge on any atom is -0.385 e. The monoisotopic (exact) mass is 276 g/mol. The summed E-state index contributed by atoms with van der Waals surface area (Å²) in [6, 6.07) is 8.24. The Bertz CT molecular complexity index is 434. The predicted octanol–water partition coefficient (Wildman–Crippen LogP) is 2.52. The van der Waals surface area contributed by atoms with E-state index in [1.807, 2.05) is 12.1 Å². The summed E-state index contributed by atoms with van der Waals surface area (Å²) < 4.78 is 5.00. The number of hydrogen-bond acceptors (Lipinski definition) is 3. The van der Waals surface area contributed by atoms with Gasteiger partial charge in [0.2, 0.25) is 5.91 Å². The molecule has 1 aliphatic rings. The van der Waals surface area contributed by atoms with Gasteiger partial charge in [-0.05, 0) is 30.9 Å². The lowest BCUT2D eigenvalue weighted by atomic mass is 9.97. The van der Waals surface area contributed by atoms with Gasteiger partial charge in [0, 0.05) is 44.8 Å². The molecule has 1 aromatic carbocycles. The molecule has 2 rings (SSSR count). The Kier molecular flexibility index (Phi) is 5.87. The Labute approximate surface area is 120 Å². The van der Waals surface area contributed by atoms with Crippen molar-refractivity contribution in [1.82, 2.24) is 5.32 Å². The van der Waals surface area contributed by atoms with Crippen molar-refractivity contribution in [1.29, 1.82) is 0 Å². The van der Waals surface area contributed by atoms with E-state index < -0.39 is 0 Å². The van der Waals surface area contributed by atoms with Crippen molar-refractivity contribution in [2.24, 2.45) is 0 Å². The number of carbonyl (C=O) groups excluding carboxylic acids is 1. The molecule has 2 N–H and O–H groups in total. The average molecular weight is 276 g/mol. The van der Waals surface area contributed by atoms with Crippen LogP contribution < -0.4 is 10.6 Å². The van der Waals surface area contributed by atoms with Gasteiger partial charge in [-0.1, -0.05) is 18.2 Å². The lowest BCUT2D eigenvalue weighted by Gasteiger charge is -2.10. The smallest absolute Gasteiger partial charge is 0.220 e. The molecule has 1 aliphatic heterocycles. The number of ether oxygens (including phenoxy) is 1. The maximum atomic E-state index is 11.9. The number of unbranched alkanes of at least 4 members (excludes halogenated alkanes) is 2. The van der Waals surface area contributed by atoms with Gasteiger partial charge in [0.05, 0.1) is 0 Å². The third kappa shape index (κ3) is 4.23. The van der Waals surface area contributed by atoms with E-state index in [2.05, 4.69) is 22.8 Å². The van der Waals surface area contributed by atoms with E-state index in [1.165, 1.54) is 11.3 Å². The van der Waals surface area contributed by atoms with E-state index in [1.54, 1.807) is 7.11 Å². The number of fused-ring (bicyclic) bond motifs is 1. The van der Waals surface area contributed by atoms with E-state index in [9.17, 15) is 4.79 Å². The van der Waals surface area contributed by atoms with E-state index in [4.69, 9.17) is 4.74 Å². The molecule has 4 nitrogen and oxygen atoms in total. The highest BCUT2D eigenvalue weighted by molar-refractivity contribution is 5.78. The molecule has 0 aliphatic carbocycles. The average Bonchev–Trinajstić information content (AvgIpc) is 2.86. The number of rotatable bonds is 8. The molecule has 1 aromatic rings. The molecule has 0 saturated heterocycles. The standard InChI is InChI=1S/C16H24N2O2/c1-20-10-6-2-5-9-17-16(19)11-13-12-18-15-8-4-3-7-14(13)15/h3-4,7-8,13,18H,2,5-6,9-12H2,1H3,(H,17,19). The van der Waals surface area contributed by atoms with Gasteiger partial charge < -0.3 is 15.4 Å². The maximum Gasteiger partial charge on any atom is 0.220 e. The van der Waals surface area contributed by atoms with Crippen molar-refractivity contribution in [3.8, 4) is 0 Å². The molecule has 1 amide bonds. The van der Waals surface area contributed by atoms with E-state index in [0.29, 0.717) is 12.3 Å². The van der Waals surface area contributed by atoms with Crippen LogP contribution in [0.25, 0.3) is 0 Å². The Morgan fingerprint density at radius 1 is 1.35 bits per heavy atom. The molecule has 0 aromatic heterocycles. The van der Waals surface area contributed by atoms with Crippen LogP contribution in [0.15, 0.2) is 24.3 Å². The second kappa shape index (κ2) is 7.90. The minimum atomic E-state index is 0.153. The number of amides is 1. The van der Waals surface area contributed by atoms with E-state index >= 15 is 0 Å². The fraction of sp³-hybridized carbons (Fsp3) is 0.562. The van der Waals surface area contributed by atoms with Gasteiger partial charge >= 0.3 is 0 Å². The van der Waals surface area contributed by atoms with E-state index in [-0.39, 0.29) is 5.91 Å². The van der Waals surface area contributed by atoms with Gasteiger partial charge in [-0.2, -0.15) is 0 Å². The van der Waals surface area contributed by atoms with Gasteiger partial charge in [0.1, 0.15) is 0 Å². The van der Waals surface area contributed by atoms with Crippen molar-refractivity contribution in [2.45, 2.75) is 31.6 Å². The summed E-state index contributed by atoms with van der Waals surface area (Å²) in [7, 11) is 1.72. The molecular formula is C16H24N2O2. The fourth-order valence-electron chi connectivity index (χ4n) is 2.61. The molecule has 1 unspecified atom stereocenters.